The minimum atomic E-state index is -1.13. The lowest BCUT2D eigenvalue weighted by atomic mass is 9.92. The van der Waals surface area contributed by atoms with Crippen molar-refractivity contribution in [3.8, 4) is 11.1 Å². The first-order valence-corrected chi connectivity index (χ1v) is 12.5. The molecule has 2 aromatic carbocycles. The summed E-state index contributed by atoms with van der Waals surface area (Å²) in [6.07, 6.45) is 4.41. The zero-order valence-electron chi connectivity index (χ0n) is 20.8. The third-order valence-electron chi connectivity index (χ3n) is 6.25. The van der Waals surface area contributed by atoms with Crippen LogP contribution >= 0.6 is 0 Å². The Morgan fingerprint density at radius 1 is 1.11 bits per heavy atom. The van der Waals surface area contributed by atoms with Gasteiger partial charge in [-0.25, -0.2) is 4.39 Å². The molecule has 5 rings (SSSR count). The largest absolute Gasteiger partial charge is 0.481 e. The van der Waals surface area contributed by atoms with E-state index in [1.165, 1.54) is 12.1 Å². The first-order chi connectivity index (χ1) is 18.4. The van der Waals surface area contributed by atoms with Gasteiger partial charge < -0.3 is 25.5 Å². The number of hydrogen-bond donors (Lipinski definition) is 4. The number of carboxylic acids is 1. The Balaban J connectivity index is 0.000000417. The lowest BCUT2D eigenvalue weighted by Gasteiger charge is -2.16. The zero-order valence-corrected chi connectivity index (χ0v) is 20.8. The van der Waals surface area contributed by atoms with Gasteiger partial charge in [0.2, 0.25) is 0 Å². The Labute approximate surface area is 220 Å². The number of aliphatic hydroxyl groups excluding tert-OH is 2. The summed E-state index contributed by atoms with van der Waals surface area (Å²) in [5.41, 5.74) is 9.63. The van der Waals surface area contributed by atoms with Gasteiger partial charge >= 0.3 is 5.97 Å². The van der Waals surface area contributed by atoms with Crippen molar-refractivity contribution >= 4 is 22.9 Å². The molecule has 0 amide bonds. The van der Waals surface area contributed by atoms with Gasteiger partial charge in [0.05, 0.1) is 42.6 Å². The van der Waals surface area contributed by atoms with Gasteiger partial charge in [0, 0.05) is 28.9 Å². The number of nitrogens with two attached hydrogens (primary N) is 1. The second-order valence-corrected chi connectivity index (χ2v) is 9.28. The Kier molecular flexibility index (Phi) is 9.02. The number of carboxylic acid groups (broad SMARTS) is 1. The van der Waals surface area contributed by atoms with Crippen molar-refractivity contribution in [1.29, 1.82) is 0 Å². The van der Waals surface area contributed by atoms with E-state index in [0.29, 0.717) is 12.5 Å². The van der Waals surface area contributed by atoms with Crippen LogP contribution in [-0.2, 0) is 11.3 Å². The van der Waals surface area contributed by atoms with Crippen LogP contribution in [0.25, 0.3) is 28.1 Å². The van der Waals surface area contributed by atoms with E-state index in [-0.39, 0.29) is 12.2 Å². The maximum atomic E-state index is 13.6. The van der Waals surface area contributed by atoms with Gasteiger partial charge in [-0.1, -0.05) is 42.5 Å². The average Bonchev–Trinajstić information content (AvgIpc) is 3.60. The summed E-state index contributed by atoms with van der Waals surface area (Å²) in [5, 5.41) is 29.9. The number of furan rings is 1. The van der Waals surface area contributed by atoms with Crippen LogP contribution in [0.4, 0.5) is 4.39 Å². The Morgan fingerprint density at radius 2 is 1.84 bits per heavy atom. The first kappa shape index (κ1) is 27.2. The first-order valence-electron chi connectivity index (χ1n) is 12.5. The van der Waals surface area contributed by atoms with Gasteiger partial charge in [-0.3, -0.25) is 9.78 Å². The fourth-order valence-electron chi connectivity index (χ4n) is 4.29. The standard InChI is InChI=1S/C25H24FNO4.C5H7NO/c26-17-9-7-15(8-10-17)24-20-3-1-2-4-22(20)27-25(16-5-6-16)21(24)12-11-18(28)13-19(29)14-23(30)31;6-4-5-2-1-3-7-5/h1-4,7-12,16,18-19,28-29H,5-6,13-14H2,(H,30,31);1-3H,4,6H2/b12-11+;/t18-,19-;/m1./s1. The van der Waals surface area contributed by atoms with E-state index in [1.807, 2.05) is 36.4 Å². The van der Waals surface area contributed by atoms with Crippen molar-refractivity contribution in [3.63, 3.8) is 0 Å². The number of aliphatic hydroxyl groups is 2. The number of fused-ring (bicyclic) bond motifs is 1. The topological polar surface area (TPSA) is 130 Å². The molecule has 5 N–H and O–H groups in total. The fraction of sp³-hybridized carbons (Fsp3) is 0.267. The molecule has 1 fully saturated rings. The summed E-state index contributed by atoms with van der Waals surface area (Å²) in [7, 11) is 0. The minimum absolute atomic E-state index is 0.0749. The van der Waals surface area contributed by atoms with Crippen LogP contribution in [0.3, 0.4) is 0 Å². The molecular formula is C30H31FN2O5. The summed E-state index contributed by atoms with van der Waals surface area (Å²) < 4.78 is 18.4. The van der Waals surface area contributed by atoms with Crippen molar-refractivity contribution in [1.82, 2.24) is 4.98 Å². The van der Waals surface area contributed by atoms with Crippen LogP contribution in [0.2, 0.25) is 0 Å². The Bertz CT molecular complexity index is 1380. The number of hydrogen-bond acceptors (Lipinski definition) is 6. The van der Waals surface area contributed by atoms with E-state index in [9.17, 15) is 19.4 Å². The molecule has 0 unspecified atom stereocenters. The Morgan fingerprint density at radius 3 is 2.45 bits per heavy atom. The van der Waals surface area contributed by atoms with Crippen LogP contribution in [-0.4, -0.2) is 38.5 Å². The lowest BCUT2D eigenvalue weighted by molar-refractivity contribution is -0.139. The molecule has 38 heavy (non-hydrogen) atoms. The molecule has 4 aromatic rings. The molecule has 0 aliphatic heterocycles. The molecule has 1 saturated carbocycles. The molecule has 0 spiro atoms. The second kappa shape index (κ2) is 12.6. The predicted octanol–water partition coefficient (Wildman–Crippen LogP) is 5.26. The van der Waals surface area contributed by atoms with Gasteiger partial charge in [-0.15, -0.1) is 0 Å². The van der Waals surface area contributed by atoms with Crippen LogP contribution < -0.4 is 5.73 Å². The highest BCUT2D eigenvalue weighted by atomic mass is 19.1. The molecule has 0 radical (unpaired) electrons. The maximum absolute atomic E-state index is 13.6. The molecule has 2 heterocycles. The van der Waals surface area contributed by atoms with Crippen molar-refractivity contribution in [2.24, 2.45) is 5.73 Å². The number of halogens is 1. The number of carbonyl (C=O) groups is 1. The van der Waals surface area contributed by atoms with Crippen molar-refractivity contribution in [2.45, 2.75) is 50.4 Å². The molecule has 1 aliphatic carbocycles. The van der Waals surface area contributed by atoms with Gasteiger partial charge in [0.15, 0.2) is 0 Å². The van der Waals surface area contributed by atoms with E-state index in [2.05, 4.69) is 0 Å². The fourth-order valence-corrected chi connectivity index (χ4v) is 4.29. The van der Waals surface area contributed by atoms with E-state index in [1.54, 1.807) is 30.5 Å². The summed E-state index contributed by atoms with van der Waals surface area (Å²) in [5.74, 6) is -0.264. The number of aliphatic carboxylic acids is 1. The van der Waals surface area contributed by atoms with Crippen LogP contribution in [0.1, 0.15) is 48.6 Å². The highest BCUT2D eigenvalue weighted by Crippen LogP contribution is 2.45. The van der Waals surface area contributed by atoms with Crippen LogP contribution in [0.5, 0.6) is 0 Å². The summed E-state index contributed by atoms with van der Waals surface area (Å²) in [6.45, 7) is 0.493. The minimum Gasteiger partial charge on any atom is -0.481 e. The molecule has 2 atom stereocenters. The SMILES string of the molecule is NCc1ccco1.O=C(O)C[C@H](O)C[C@H](O)/C=C/c1c(C2CC2)nc2ccccc2c1-c1ccc(F)cc1. The molecule has 2 aromatic heterocycles. The van der Waals surface area contributed by atoms with Crippen LogP contribution in [0, 0.1) is 5.82 Å². The number of aromatic nitrogens is 1. The van der Waals surface area contributed by atoms with Gasteiger partial charge in [-0.2, -0.15) is 0 Å². The quantitative estimate of drug-likeness (QED) is 0.238. The van der Waals surface area contributed by atoms with Gasteiger partial charge in [0.25, 0.3) is 0 Å². The number of nitrogens with zero attached hydrogens (tertiary/aromatic N) is 1. The number of para-hydroxylation sites is 1. The molecule has 8 heteroatoms. The van der Waals surface area contributed by atoms with E-state index in [4.69, 9.17) is 20.2 Å². The summed E-state index contributed by atoms with van der Waals surface area (Å²) in [6, 6.07) is 17.8. The van der Waals surface area contributed by atoms with Gasteiger partial charge in [0.1, 0.15) is 11.6 Å². The molecule has 198 valence electrons. The molecular weight excluding hydrogens is 487 g/mol. The number of benzene rings is 2. The number of rotatable bonds is 9. The monoisotopic (exact) mass is 518 g/mol. The van der Waals surface area contributed by atoms with Crippen molar-refractivity contribution in [3.05, 3.63) is 95.8 Å². The number of pyridine rings is 1. The van der Waals surface area contributed by atoms with E-state index in [0.717, 1.165) is 51.9 Å². The molecule has 1 aliphatic rings. The third-order valence-corrected chi connectivity index (χ3v) is 6.25. The summed E-state index contributed by atoms with van der Waals surface area (Å²) >= 11 is 0. The van der Waals surface area contributed by atoms with E-state index >= 15 is 0 Å². The van der Waals surface area contributed by atoms with E-state index < -0.39 is 24.6 Å². The Hall–Kier alpha value is -3.85. The third kappa shape index (κ3) is 7.13. The van der Waals surface area contributed by atoms with Gasteiger partial charge in [-0.05, 0) is 48.7 Å². The molecule has 0 saturated heterocycles. The van der Waals surface area contributed by atoms with Crippen LogP contribution in [0.15, 0.2) is 77.4 Å². The highest BCUT2D eigenvalue weighted by molar-refractivity contribution is 5.99. The highest BCUT2D eigenvalue weighted by Gasteiger charge is 2.29. The zero-order chi connectivity index (χ0) is 27.1. The normalized spacial score (nSPS) is 14.7. The lowest BCUT2D eigenvalue weighted by Crippen LogP contribution is -2.19. The summed E-state index contributed by atoms with van der Waals surface area (Å²) in [4.78, 5) is 15.6. The molecule has 0 bridgehead atoms. The average molecular weight is 519 g/mol. The second-order valence-electron chi connectivity index (χ2n) is 9.28. The molecule has 7 nitrogen and oxygen atoms in total. The predicted molar refractivity (Wildman–Crippen MR) is 144 cm³/mol. The van der Waals surface area contributed by atoms with Crippen molar-refractivity contribution in [2.75, 3.05) is 0 Å². The smallest absolute Gasteiger partial charge is 0.305 e. The van der Waals surface area contributed by atoms with Crippen molar-refractivity contribution < 1.29 is 28.9 Å². The maximum Gasteiger partial charge on any atom is 0.305 e.